The predicted octanol–water partition coefficient (Wildman–Crippen LogP) is 1.91. The van der Waals surface area contributed by atoms with Crippen molar-refractivity contribution in [2.24, 2.45) is 5.92 Å². The van der Waals surface area contributed by atoms with Gasteiger partial charge in [-0.15, -0.1) is 0 Å². The summed E-state index contributed by atoms with van der Waals surface area (Å²) in [4.78, 5) is 0. The van der Waals surface area contributed by atoms with Gasteiger partial charge in [0.05, 0.1) is 5.75 Å². The molecular formula is C6H11F3OS. The van der Waals surface area contributed by atoms with E-state index in [4.69, 9.17) is 5.11 Å². The van der Waals surface area contributed by atoms with Crippen LogP contribution < -0.4 is 0 Å². The molecule has 0 aliphatic rings. The average Bonchev–Trinajstić information content (AvgIpc) is 1.85. The summed E-state index contributed by atoms with van der Waals surface area (Å²) in [5, 5.41) is 8.47. The molecule has 11 heavy (non-hydrogen) atoms. The van der Waals surface area contributed by atoms with Gasteiger partial charge < -0.3 is 5.11 Å². The molecule has 1 nitrogen and oxygen atoms in total. The summed E-state index contributed by atoms with van der Waals surface area (Å²) in [7, 11) is 0. The number of aliphatic hydroxyl groups excluding tert-OH is 1. The van der Waals surface area contributed by atoms with Crippen molar-refractivity contribution < 1.29 is 18.3 Å². The summed E-state index contributed by atoms with van der Waals surface area (Å²) in [6.45, 7) is 1.66. The Balaban J connectivity index is 3.28. The van der Waals surface area contributed by atoms with Crippen molar-refractivity contribution in [3.8, 4) is 0 Å². The zero-order valence-corrected chi connectivity index (χ0v) is 7.00. The maximum absolute atomic E-state index is 11.5. The van der Waals surface area contributed by atoms with Crippen molar-refractivity contribution in [2.45, 2.75) is 13.1 Å². The highest BCUT2D eigenvalue weighted by Crippen LogP contribution is 2.22. The van der Waals surface area contributed by atoms with Crippen LogP contribution in [0.25, 0.3) is 0 Å². The van der Waals surface area contributed by atoms with Gasteiger partial charge in [0.1, 0.15) is 0 Å². The van der Waals surface area contributed by atoms with Crippen molar-refractivity contribution in [1.29, 1.82) is 0 Å². The Morgan fingerprint density at radius 1 is 1.45 bits per heavy atom. The number of halogens is 3. The van der Waals surface area contributed by atoms with Gasteiger partial charge in [0, 0.05) is 6.61 Å². The molecule has 0 radical (unpaired) electrons. The lowest BCUT2D eigenvalue weighted by Crippen LogP contribution is -2.13. The summed E-state index contributed by atoms with van der Waals surface area (Å²) >= 11 is 0.808. The molecule has 1 atom stereocenters. The number of hydrogen-bond acceptors (Lipinski definition) is 2. The lowest BCUT2D eigenvalue weighted by Gasteiger charge is -2.08. The minimum absolute atomic E-state index is 0.0507. The normalized spacial score (nSPS) is 15.0. The van der Waals surface area contributed by atoms with Gasteiger partial charge in [-0.1, -0.05) is 6.92 Å². The van der Waals surface area contributed by atoms with Crippen molar-refractivity contribution >= 4 is 11.8 Å². The highest BCUT2D eigenvalue weighted by Gasteiger charge is 2.26. The first-order valence-electron chi connectivity index (χ1n) is 3.21. The highest BCUT2D eigenvalue weighted by molar-refractivity contribution is 7.99. The third-order valence-corrected chi connectivity index (χ3v) is 2.32. The van der Waals surface area contributed by atoms with Crippen molar-refractivity contribution in [3.05, 3.63) is 0 Å². The molecule has 0 aliphatic carbocycles. The fourth-order valence-electron chi connectivity index (χ4n) is 0.429. The second-order valence-electron chi connectivity index (χ2n) is 2.42. The number of thioether (sulfide) groups is 1. The first-order chi connectivity index (χ1) is 4.95. The summed E-state index contributed by atoms with van der Waals surface area (Å²) in [6.07, 6.45) is -4.08. The number of rotatable bonds is 4. The monoisotopic (exact) mass is 188 g/mol. The fourth-order valence-corrected chi connectivity index (χ4v) is 1.29. The van der Waals surface area contributed by atoms with Gasteiger partial charge in [0.25, 0.3) is 0 Å². The Kier molecular flexibility index (Phi) is 4.92. The second kappa shape index (κ2) is 4.87. The maximum atomic E-state index is 11.5. The lowest BCUT2D eigenvalue weighted by atomic mass is 10.2. The largest absolute Gasteiger partial charge is 0.397 e. The minimum atomic E-state index is -4.08. The quantitative estimate of drug-likeness (QED) is 0.727. The molecular weight excluding hydrogens is 177 g/mol. The Hall–Kier alpha value is 0.100. The van der Waals surface area contributed by atoms with Crippen molar-refractivity contribution in [1.82, 2.24) is 0 Å². The third kappa shape index (κ3) is 8.00. The molecule has 0 bridgehead atoms. The van der Waals surface area contributed by atoms with Gasteiger partial charge >= 0.3 is 6.18 Å². The first kappa shape index (κ1) is 11.1. The summed E-state index contributed by atoms with van der Waals surface area (Å²) < 4.78 is 34.6. The summed E-state index contributed by atoms with van der Waals surface area (Å²) in [5.74, 6) is -0.518. The van der Waals surface area contributed by atoms with E-state index in [9.17, 15) is 13.2 Å². The van der Waals surface area contributed by atoms with E-state index in [1.165, 1.54) is 0 Å². The molecule has 0 heterocycles. The zero-order chi connectivity index (χ0) is 8.91. The van der Waals surface area contributed by atoms with E-state index in [0.717, 1.165) is 11.8 Å². The van der Waals surface area contributed by atoms with Crippen molar-refractivity contribution in [2.75, 3.05) is 18.1 Å². The van der Waals surface area contributed by atoms with Crippen LogP contribution in [0.4, 0.5) is 13.2 Å². The topological polar surface area (TPSA) is 20.2 Å². The van der Waals surface area contributed by atoms with E-state index in [-0.39, 0.29) is 12.5 Å². The molecule has 68 valence electrons. The van der Waals surface area contributed by atoms with Gasteiger partial charge in [-0.05, 0) is 11.7 Å². The Bertz CT molecular complexity index is 104. The molecule has 0 amide bonds. The lowest BCUT2D eigenvalue weighted by molar-refractivity contribution is -0.105. The standard InChI is InChI=1S/C6H11F3OS/c1-5(2-10)3-11-4-6(7,8)9/h5,10H,2-4H2,1H3. The van der Waals surface area contributed by atoms with Crippen LogP contribution in [0.15, 0.2) is 0 Å². The molecule has 0 fully saturated rings. The summed E-state index contributed by atoms with van der Waals surface area (Å²) in [6, 6.07) is 0. The van der Waals surface area contributed by atoms with Crippen LogP contribution in [0.5, 0.6) is 0 Å². The SMILES string of the molecule is CC(CO)CSCC(F)(F)F. The van der Waals surface area contributed by atoms with E-state index in [2.05, 4.69) is 0 Å². The molecule has 0 aromatic rings. The van der Waals surface area contributed by atoms with E-state index in [1.54, 1.807) is 6.92 Å². The molecule has 0 saturated carbocycles. The Morgan fingerprint density at radius 3 is 2.36 bits per heavy atom. The van der Waals surface area contributed by atoms with Crippen LogP contribution in [0, 0.1) is 5.92 Å². The minimum Gasteiger partial charge on any atom is -0.396 e. The molecule has 1 N–H and O–H groups in total. The van der Waals surface area contributed by atoms with Gasteiger partial charge in [0.2, 0.25) is 0 Å². The molecule has 5 heteroatoms. The first-order valence-corrected chi connectivity index (χ1v) is 4.36. The molecule has 0 saturated heterocycles. The van der Waals surface area contributed by atoms with E-state index in [1.807, 2.05) is 0 Å². The van der Waals surface area contributed by atoms with Crippen molar-refractivity contribution in [3.63, 3.8) is 0 Å². The highest BCUT2D eigenvalue weighted by atomic mass is 32.2. The van der Waals surface area contributed by atoms with Crippen LogP contribution in [-0.2, 0) is 0 Å². The van der Waals surface area contributed by atoms with Gasteiger partial charge in [-0.25, -0.2) is 0 Å². The van der Waals surface area contributed by atoms with Crippen LogP contribution in [-0.4, -0.2) is 29.4 Å². The van der Waals surface area contributed by atoms with E-state index >= 15 is 0 Å². The number of aliphatic hydroxyl groups is 1. The van der Waals surface area contributed by atoms with Crippen LogP contribution in [0.3, 0.4) is 0 Å². The predicted molar refractivity (Wildman–Crippen MR) is 39.6 cm³/mol. The third-order valence-electron chi connectivity index (χ3n) is 0.980. The zero-order valence-electron chi connectivity index (χ0n) is 6.19. The maximum Gasteiger partial charge on any atom is 0.397 e. The molecule has 0 rings (SSSR count). The Labute approximate surface area is 68.0 Å². The van der Waals surface area contributed by atoms with Gasteiger partial charge in [-0.2, -0.15) is 24.9 Å². The average molecular weight is 188 g/mol. The smallest absolute Gasteiger partial charge is 0.396 e. The number of hydrogen-bond donors (Lipinski definition) is 1. The number of alkyl halides is 3. The molecule has 1 unspecified atom stereocenters. The molecule has 0 aromatic heterocycles. The van der Waals surface area contributed by atoms with E-state index in [0.29, 0.717) is 5.75 Å². The van der Waals surface area contributed by atoms with Crippen LogP contribution in [0.1, 0.15) is 6.92 Å². The second-order valence-corrected chi connectivity index (χ2v) is 3.45. The molecule has 0 aliphatic heterocycles. The molecule has 0 spiro atoms. The fraction of sp³-hybridized carbons (Fsp3) is 1.00. The van der Waals surface area contributed by atoms with Gasteiger partial charge in [-0.3, -0.25) is 0 Å². The van der Waals surface area contributed by atoms with Gasteiger partial charge in [0.15, 0.2) is 0 Å². The van der Waals surface area contributed by atoms with Crippen LogP contribution in [0.2, 0.25) is 0 Å². The van der Waals surface area contributed by atoms with Crippen LogP contribution >= 0.6 is 11.8 Å². The Morgan fingerprint density at radius 2 is 2.00 bits per heavy atom. The molecule has 0 aromatic carbocycles. The summed E-state index contributed by atoms with van der Waals surface area (Å²) in [5.41, 5.74) is 0. The van der Waals surface area contributed by atoms with E-state index < -0.39 is 11.9 Å².